The minimum Gasteiger partial charge on any atom is -0.465 e. The van der Waals surface area contributed by atoms with Crippen LogP contribution in [0.4, 0.5) is 0 Å². The van der Waals surface area contributed by atoms with Crippen LogP contribution in [0.3, 0.4) is 0 Å². The third-order valence-electron chi connectivity index (χ3n) is 6.49. The molecule has 0 aromatic carbocycles. The van der Waals surface area contributed by atoms with Gasteiger partial charge in [0.05, 0.1) is 24.4 Å². The Labute approximate surface area is 134 Å². The van der Waals surface area contributed by atoms with Gasteiger partial charge in [0.2, 0.25) is 5.41 Å². The van der Waals surface area contributed by atoms with Gasteiger partial charge in [0.1, 0.15) is 5.60 Å². The zero-order valence-corrected chi connectivity index (χ0v) is 13.8. The molecule has 0 N–H and O–H groups in total. The number of carbonyl (C=O) groups is 3. The van der Waals surface area contributed by atoms with Gasteiger partial charge < -0.3 is 14.2 Å². The maximum atomic E-state index is 13.1. The first-order valence-corrected chi connectivity index (χ1v) is 8.34. The summed E-state index contributed by atoms with van der Waals surface area (Å²) in [5.41, 5.74) is -3.75. The largest absolute Gasteiger partial charge is 0.465 e. The monoisotopic (exact) mass is 322 g/mol. The molecule has 6 nitrogen and oxygen atoms in total. The van der Waals surface area contributed by atoms with Crippen LogP contribution in [0.5, 0.6) is 0 Å². The number of carbonyl (C=O) groups excluding carboxylic acids is 3. The number of hydrogen-bond acceptors (Lipinski definition) is 6. The summed E-state index contributed by atoms with van der Waals surface area (Å²) < 4.78 is 16.7. The highest BCUT2D eigenvalue weighted by Gasteiger charge is 2.87. The van der Waals surface area contributed by atoms with E-state index in [1.54, 1.807) is 6.92 Å². The Hall–Kier alpha value is -1.27. The first kappa shape index (κ1) is 15.3. The molecule has 6 heteroatoms. The van der Waals surface area contributed by atoms with Crippen molar-refractivity contribution in [3.63, 3.8) is 0 Å². The van der Waals surface area contributed by atoms with Gasteiger partial charge in [-0.25, -0.2) is 0 Å². The van der Waals surface area contributed by atoms with E-state index in [4.69, 9.17) is 14.2 Å². The minimum atomic E-state index is -1.77. The van der Waals surface area contributed by atoms with E-state index in [2.05, 4.69) is 0 Å². The lowest BCUT2D eigenvalue weighted by Gasteiger charge is -2.45. The second-order valence-electron chi connectivity index (χ2n) is 7.68. The summed E-state index contributed by atoms with van der Waals surface area (Å²) in [6.45, 7) is 6.30. The SMILES string of the molecule is CCOC(=O)[C@]12C(=O)CC[C@]3(C)O[C@]13C[C@H](C1(C)CO1)CC2=O. The van der Waals surface area contributed by atoms with Gasteiger partial charge in [-0.2, -0.15) is 0 Å². The predicted molar refractivity (Wildman–Crippen MR) is 77.6 cm³/mol. The number of ether oxygens (including phenoxy) is 3. The Morgan fingerprint density at radius 1 is 1.30 bits per heavy atom. The molecule has 1 spiro atoms. The maximum Gasteiger partial charge on any atom is 0.330 e. The molecule has 0 radical (unpaired) electrons. The molecule has 2 heterocycles. The number of rotatable bonds is 3. The van der Waals surface area contributed by atoms with Crippen molar-refractivity contribution in [1.82, 2.24) is 0 Å². The Kier molecular flexibility index (Phi) is 2.80. The molecule has 0 amide bonds. The van der Waals surface area contributed by atoms with E-state index in [-0.39, 0.29) is 42.5 Å². The quantitative estimate of drug-likeness (QED) is 0.441. The zero-order valence-electron chi connectivity index (χ0n) is 13.8. The second kappa shape index (κ2) is 4.22. The van der Waals surface area contributed by atoms with E-state index in [1.807, 2.05) is 13.8 Å². The average molecular weight is 322 g/mol. The molecule has 2 aliphatic carbocycles. The molecule has 2 saturated carbocycles. The van der Waals surface area contributed by atoms with Gasteiger partial charge in [0, 0.05) is 12.8 Å². The molecule has 1 unspecified atom stereocenters. The molecule has 4 fully saturated rings. The molecular formula is C17H22O6. The van der Waals surface area contributed by atoms with Crippen LogP contribution in [-0.2, 0) is 28.6 Å². The smallest absolute Gasteiger partial charge is 0.330 e. The molecule has 2 saturated heterocycles. The first-order valence-electron chi connectivity index (χ1n) is 8.34. The van der Waals surface area contributed by atoms with Crippen LogP contribution in [-0.4, -0.2) is 47.6 Å². The highest BCUT2D eigenvalue weighted by Crippen LogP contribution is 2.70. The van der Waals surface area contributed by atoms with Crippen molar-refractivity contribution >= 4 is 17.5 Å². The van der Waals surface area contributed by atoms with Crippen LogP contribution in [0.15, 0.2) is 0 Å². The van der Waals surface area contributed by atoms with Crippen molar-refractivity contribution in [2.75, 3.05) is 13.2 Å². The highest BCUT2D eigenvalue weighted by atomic mass is 16.6. The normalized spacial score (nSPS) is 50.8. The van der Waals surface area contributed by atoms with Crippen molar-refractivity contribution in [2.45, 2.75) is 63.3 Å². The predicted octanol–water partition coefficient (Wildman–Crippen LogP) is 1.19. The topological polar surface area (TPSA) is 85.5 Å². The minimum absolute atomic E-state index is 0.0229. The second-order valence-corrected chi connectivity index (χ2v) is 7.68. The molecule has 126 valence electrons. The summed E-state index contributed by atoms with van der Waals surface area (Å²) in [4.78, 5) is 38.6. The lowest BCUT2D eigenvalue weighted by Crippen LogP contribution is -2.65. The molecule has 0 bridgehead atoms. The summed E-state index contributed by atoms with van der Waals surface area (Å²) in [5, 5.41) is 0. The molecule has 2 aliphatic heterocycles. The molecular weight excluding hydrogens is 300 g/mol. The van der Waals surface area contributed by atoms with Gasteiger partial charge in [-0.3, -0.25) is 14.4 Å². The number of epoxide rings is 2. The van der Waals surface area contributed by atoms with Crippen LogP contribution < -0.4 is 0 Å². The summed E-state index contributed by atoms with van der Waals surface area (Å²) in [7, 11) is 0. The molecule has 0 aromatic rings. The Morgan fingerprint density at radius 2 is 2.00 bits per heavy atom. The highest BCUT2D eigenvalue weighted by molar-refractivity contribution is 6.25. The molecule has 5 atom stereocenters. The molecule has 23 heavy (non-hydrogen) atoms. The lowest BCUT2D eigenvalue weighted by atomic mass is 9.51. The average Bonchev–Trinajstić information content (AvgIpc) is 3.35. The van der Waals surface area contributed by atoms with E-state index in [0.29, 0.717) is 19.4 Å². The number of ketones is 2. The van der Waals surface area contributed by atoms with Crippen LogP contribution in [0, 0.1) is 11.3 Å². The summed E-state index contributed by atoms with van der Waals surface area (Å²) in [5.74, 6) is -1.43. The summed E-state index contributed by atoms with van der Waals surface area (Å²) >= 11 is 0. The van der Waals surface area contributed by atoms with Crippen molar-refractivity contribution < 1.29 is 28.6 Å². The number of hydrogen-bond donors (Lipinski definition) is 0. The van der Waals surface area contributed by atoms with Gasteiger partial charge in [-0.05, 0) is 39.5 Å². The standard InChI is InChI=1S/C17H22O6/c1-4-21-13(20)17-11(18)5-6-15(3)16(17,23-15)8-10(7-12(17)19)14(2)9-22-14/h10H,4-9H2,1-3H3/t10-,14?,15+,16+,17-/m1/s1. The van der Waals surface area contributed by atoms with Gasteiger partial charge in [0.15, 0.2) is 11.6 Å². The molecule has 0 aromatic heterocycles. The van der Waals surface area contributed by atoms with E-state index in [1.165, 1.54) is 0 Å². The van der Waals surface area contributed by atoms with Gasteiger partial charge in [-0.1, -0.05) is 0 Å². The van der Waals surface area contributed by atoms with E-state index < -0.39 is 22.6 Å². The fourth-order valence-electron chi connectivity index (χ4n) is 4.85. The lowest BCUT2D eigenvalue weighted by molar-refractivity contribution is -0.175. The van der Waals surface area contributed by atoms with Crippen molar-refractivity contribution in [3.8, 4) is 0 Å². The van der Waals surface area contributed by atoms with Gasteiger partial charge in [0.25, 0.3) is 0 Å². The fourth-order valence-corrected chi connectivity index (χ4v) is 4.85. The summed E-state index contributed by atoms with van der Waals surface area (Å²) in [6, 6.07) is 0. The van der Waals surface area contributed by atoms with Crippen molar-refractivity contribution in [1.29, 1.82) is 0 Å². The third kappa shape index (κ3) is 1.59. The van der Waals surface area contributed by atoms with Crippen molar-refractivity contribution in [2.24, 2.45) is 11.3 Å². The molecule has 4 aliphatic rings. The zero-order chi connectivity index (χ0) is 16.7. The maximum absolute atomic E-state index is 13.1. The Morgan fingerprint density at radius 3 is 2.61 bits per heavy atom. The van der Waals surface area contributed by atoms with Crippen LogP contribution in [0.25, 0.3) is 0 Å². The van der Waals surface area contributed by atoms with Gasteiger partial charge in [-0.15, -0.1) is 0 Å². The molecule has 4 rings (SSSR count). The van der Waals surface area contributed by atoms with Crippen LogP contribution >= 0.6 is 0 Å². The fraction of sp³-hybridized carbons (Fsp3) is 0.824. The van der Waals surface area contributed by atoms with E-state index in [9.17, 15) is 14.4 Å². The van der Waals surface area contributed by atoms with Crippen LogP contribution in [0.1, 0.15) is 46.5 Å². The number of Topliss-reactive ketones (excluding diaryl/α,β-unsaturated/α-hetero) is 2. The number of esters is 1. The van der Waals surface area contributed by atoms with Crippen molar-refractivity contribution in [3.05, 3.63) is 0 Å². The van der Waals surface area contributed by atoms with Crippen LogP contribution in [0.2, 0.25) is 0 Å². The Balaban J connectivity index is 1.81. The van der Waals surface area contributed by atoms with E-state index in [0.717, 1.165) is 0 Å². The first-order chi connectivity index (χ1) is 10.8. The van der Waals surface area contributed by atoms with Gasteiger partial charge >= 0.3 is 5.97 Å². The summed E-state index contributed by atoms with van der Waals surface area (Å²) in [6.07, 6.45) is 1.39. The Bertz CT molecular complexity index is 623. The third-order valence-corrected chi connectivity index (χ3v) is 6.49. The van der Waals surface area contributed by atoms with E-state index >= 15 is 0 Å².